The lowest BCUT2D eigenvalue weighted by atomic mass is 10.1. The maximum atomic E-state index is 6.08. The average Bonchev–Trinajstić information content (AvgIpc) is 3.52. The van der Waals surface area contributed by atoms with E-state index in [0.29, 0.717) is 22.4 Å². The summed E-state index contributed by atoms with van der Waals surface area (Å²) in [5, 5.41) is 3.10. The van der Waals surface area contributed by atoms with Crippen LogP contribution in [0.1, 0.15) is 0 Å². The Morgan fingerprint density at radius 3 is 2.12 bits per heavy atom. The standard InChI is InChI=1S/C26H13ClN2O2S/c27-16-7-9-22-20(13-16)29-26(31-22)15-5-8-21-19(12-15)28-25(30-21)14-6-10-24-18(11-14)17-3-1-2-4-23(17)32-24/h1-13H. The van der Waals surface area contributed by atoms with Gasteiger partial charge in [-0.15, -0.1) is 11.3 Å². The van der Waals surface area contributed by atoms with Gasteiger partial charge >= 0.3 is 0 Å². The van der Waals surface area contributed by atoms with Gasteiger partial charge < -0.3 is 8.83 Å². The van der Waals surface area contributed by atoms with Crippen molar-refractivity contribution < 1.29 is 8.83 Å². The quantitative estimate of drug-likeness (QED) is 0.264. The predicted octanol–water partition coefficient (Wildman–Crippen LogP) is 8.32. The molecule has 7 aromatic rings. The van der Waals surface area contributed by atoms with Gasteiger partial charge in [-0.2, -0.15) is 0 Å². The van der Waals surface area contributed by atoms with Crippen LogP contribution in [0.25, 0.3) is 65.3 Å². The summed E-state index contributed by atoms with van der Waals surface area (Å²) < 4.78 is 14.5. The van der Waals surface area contributed by atoms with Crippen LogP contribution in [-0.4, -0.2) is 9.97 Å². The Labute approximate surface area is 190 Å². The molecule has 0 aliphatic rings. The van der Waals surface area contributed by atoms with Crippen molar-refractivity contribution in [1.82, 2.24) is 9.97 Å². The Morgan fingerprint density at radius 2 is 1.28 bits per heavy atom. The molecule has 0 aliphatic heterocycles. The summed E-state index contributed by atoms with van der Waals surface area (Å²) in [5.41, 5.74) is 4.69. The highest BCUT2D eigenvalue weighted by Gasteiger charge is 2.14. The summed E-state index contributed by atoms with van der Waals surface area (Å²) in [6, 6.07) is 26.0. The van der Waals surface area contributed by atoms with Gasteiger partial charge in [-0.3, -0.25) is 0 Å². The van der Waals surface area contributed by atoms with E-state index in [0.717, 1.165) is 27.7 Å². The highest BCUT2D eigenvalue weighted by Crippen LogP contribution is 2.37. The van der Waals surface area contributed by atoms with E-state index >= 15 is 0 Å². The fourth-order valence-electron chi connectivity index (χ4n) is 4.07. The second-order valence-corrected chi connectivity index (χ2v) is 9.16. The molecule has 0 saturated carbocycles. The van der Waals surface area contributed by atoms with E-state index in [4.69, 9.17) is 25.4 Å². The first kappa shape index (κ1) is 18.0. The molecule has 6 heteroatoms. The number of oxazole rings is 2. The van der Waals surface area contributed by atoms with Crippen molar-refractivity contribution in [3.8, 4) is 22.9 Å². The Bertz CT molecular complexity index is 1810. The maximum absolute atomic E-state index is 6.08. The summed E-state index contributed by atoms with van der Waals surface area (Å²) in [6.07, 6.45) is 0. The number of aromatic nitrogens is 2. The second-order valence-electron chi connectivity index (χ2n) is 7.64. The van der Waals surface area contributed by atoms with Crippen molar-refractivity contribution >= 4 is 65.3 Å². The monoisotopic (exact) mass is 452 g/mol. The third-order valence-corrected chi connectivity index (χ3v) is 6.99. The predicted molar refractivity (Wildman–Crippen MR) is 130 cm³/mol. The van der Waals surface area contributed by atoms with E-state index in [9.17, 15) is 0 Å². The molecule has 0 amide bonds. The van der Waals surface area contributed by atoms with Crippen molar-refractivity contribution in [2.75, 3.05) is 0 Å². The molecular formula is C26H13ClN2O2S. The molecule has 7 rings (SSSR count). The Hall–Kier alpha value is -3.67. The van der Waals surface area contributed by atoms with Crippen LogP contribution in [0.4, 0.5) is 0 Å². The number of hydrogen-bond donors (Lipinski definition) is 0. The van der Waals surface area contributed by atoms with E-state index in [-0.39, 0.29) is 0 Å². The van der Waals surface area contributed by atoms with Gasteiger partial charge in [-0.25, -0.2) is 9.97 Å². The number of halogens is 1. The zero-order chi connectivity index (χ0) is 21.2. The van der Waals surface area contributed by atoms with Crippen LogP contribution in [0, 0.1) is 0 Å². The molecule has 3 aromatic heterocycles. The highest BCUT2D eigenvalue weighted by molar-refractivity contribution is 7.25. The molecule has 0 saturated heterocycles. The van der Waals surface area contributed by atoms with Crippen LogP contribution in [0.15, 0.2) is 87.7 Å². The molecule has 0 atom stereocenters. The van der Waals surface area contributed by atoms with Crippen molar-refractivity contribution in [2.45, 2.75) is 0 Å². The number of hydrogen-bond acceptors (Lipinski definition) is 5. The second kappa shape index (κ2) is 6.66. The summed E-state index contributed by atoms with van der Waals surface area (Å²) in [7, 11) is 0. The SMILES string of the molecule is Clc1ccc2oc(-c3ccc4oc(-c5ccc6sc7ccccc7c6c5)nc4c3)nc2c1. The average molecular weight is 453 g/mol. The summed E-state index contributed by atoms with van der Waals surface area (Å²) in [5.74, 6) is 1.12. The maximum Gasteiger partial charge on any atom is 0.227 e. The molecule has 152 valence electrons. The van der Waals surface area contributed by atoms with E-state index in [1.165, 1.54) is 20.2 Å². The van der Waals surface area contributed by atoms with Gasteiger partial charge in [0.15, 0.2) is 11.2 Å². The third-order valence-electron chi connectivity index (χ3n) is 5.61. The van der Waals surface area contributed by atoms with Gasteiger partial charge in [0.25, 0.3) is 0 Å². The molecule has 0 bridgehead atoms. The first-order valence-electron chi connectivity index (χ1n) is 10.1. The van der Waals surface area contributed by atoms with Crippen LogP contribution in [0.5, 0.6) is 0 Å². The molecule has 4 aromatic carbocycles. The number of nitrogens with zero attached hydrogens (tertiary/aromatic N) is 2. The minimum Gasteiger partial charge on any atom is -0.436 e. The Morgan fingerprint density at radius 1 is 0.625 bits per heavy atom. The molecule has 0 fully saturated rings. The van der Waals surface area contributed by atoms with E-state index in [1.807, 2.05) is 24.3 Å². The molecule has 0 radical (unpaired) electrons. The lowest BCUT2D eigenvalue weighted by Crippen LogP contribution is -1.78. The van der Waals surface area contributed by atoms with Crippen molar-refractivity contribution in [3.05, 3.63) is 83.9 Å². The van der Waals surface area contributed by atoms with Gasteiger partial charge in [-0.05, 0) is 60.7 Å². The molecular weight excluding hydrogens is 440 g/mol. The van der Waals surface area contributed by atoms with Gasteiger partial charge in [0.2, 0.25) is 11.8 Å². The van der Waals surface area contributed by atoms with E-state index < -0.39 is 0 Å². The topological polar surface area (TPSA) is 52.1 Å². The minimum atomic E-state index is 0.528. The summed E-state index contributed by atoms with van der Waals surface area (Å²) >= 11 is 7.87. The van der Waals surface area contributed by atoms with Crippen LogP contribution < -0.4 is 0 Å². The zero-order valence-electron chi connectivity index (χ0n) is 16.5. The molecule has 0 unspecified atom stereocenters. The largest absolute Gasteiger partial charge is 0.436 e. The number of benzene rings is 4. The molecule has 0 aliphatic carbocycles. The summed E-state index contributed by atoms with van der Waals surface area (Å²) in [4.78, 5) is 9.32. The van der Waals surface area contributed by atoms with E-state index in [1.54, 1.807) is 23.5 Å². The minimum absolute atomic E-state index is 0.528. The summed E-state index contributed by atoms with van der Waals surface area (Å²) in [6.45, 7) is 0. The van der Waals surface area contributed by atoms with Crippen molar-refractivity contribution in [3.63, 3.8) is 0 Å². The zero-order valence-corrected chi connectivity index (χ0v) is 18.1. The fourth-order valence-corrected chi connectivity index (χ4v) is 5.32. The van der Waals surface area contributed by atoms with Crippen LogP contribution in [-0.2, 0) is 0 Å². The first-order valence-corrected chi connectivity index (χ1v) is 11.3. The number of thiophene rings is 1. The Kier molecular flexibility index (Phi) is 3.74. The van der Waals surface area contributed by atoms with Crippen LogP contribution >= 0.6 is 22.9 Å². The van der Waals surface area contributed by atoms with Gasteiger partial charge in [0, 0.05) is 36.3 Å². The van der Waals surface area contributed by atoms with Gasteiger partial charge in [-0.1, -0.05) is 29.8 Å². The van der Waals surface area contributed by atoms with Gasteiger partial charge in [0.05, 0.1) is 0 Å². The van der Waals surface area contributed by atoms with Crippen LogP contribution in [0.3, 0.4) is 0 Å². The highest BCUT2D eigenvalue weighted by atomic mass is 35.5. The lowest BCUT2D eigenvalue weighted by molar-refractivity contribution is 0.618. The lowest BCUT2D eigenvalue weighted by Gasteiger charge is -1.96. The fraction of sp³-hybridized carbons (Fsp3) is 0. The molecule has 3 heterocycles. The Balaban J connectivity index is 1.33. The smallest absolute Gasteiger partial charge is 0.227 e. The molecule has 4 nitrogen and oxygen atoms in total. The number of fused-ring (bicyclic) bond motifs is 5. The molecule has 0 N–H and O–H groups in total. The first-order chi connectivity index (χ1) is 15.7. The normalized spacial score (nSPS) is 11.9. The van der Waals surface area contributed by atoms with Gasteiger partial charge in [0.1, 0.15) is 11.0 Å². The molecule has 0 spiro atoms. The van der Waals surface area contributed by atoms with Crippen LogP contribution in [0.2, 0.25) is 5.02 Å². The molecule has 32 heavy (non-hydrogen) atoms. The van der Waals surface area contributed by atoms with Crippen molar-refractivity contribution in [2.24, 2.45) is 0 Å². The van der Waals surface area contributed by atoms with E-state index in [2.05, 4.69) is 47.4 Å². The third kappa shape index (κ3) is 2.75. The van der Waals surface area contributed by atoms with Crippen molar-refractivity contribution in [1.29, 1.82) is 0 Å². The number of rotatable bonds is 2.